The predicted molar refractivity (Wildman–Crippen MR) is 89.7 cm³/mol. The number of esters is 1. The molecular weight excluding hydrogens is 278 g/mol. The number of ketones is 1. The maximum absolute atomic E-state index is 11.8. The molecule has 124 valence electrons. The zero-order valence-electron chi connectivity index (χ0n) is 13.8. The second kappa shape index (κ2) is 14.3. The van der Waals surface area contributed by atoms with Gasteiger partial charge in [-0.15, -0.1) is 5.73 Å². The number of unbranched alkanes of at least 4 members (excludes halogenated alkanes) is 5. The van der Waals surface area contributed by atoms with Gasteiger partial charge in [0.2, 0.25) is 0 Å². The number of rotatable bonds is 14. The highest BCUT2D eigenvalue weighted by Crippen LogP contribution is 2.05. The molecule has 0 bridgehead atoms. The van der Waals surface area contributed by atoms with Crippen LogP contribution in [0.5, 0.6) is 0 Å². The molecule has 0 saturated heterocycles. The Kier molecular flexibility index (Phi) is 13.2. The highest BCUT2D eigenvalue weighted by molar-refractivity contribution is 5.91. The second-order valence-corrected chi connectivity index (χ2v) is 5.24. The van der Waals surface area contributed by atoms with Crippen LogP contribution in [0.25, 0.3) is 0 Å². The summed E-state index contributed by atoms with van der Waals surface area (Å²) in [6, 6.07) is 0. The van der Waals surface area contributed by atoms with E-state index in [1.54, 1.807) is 11.0 Å². The normalized spacial score (nSPS) is 10.1. The molecular formula is C18H29NO3. The van der Waals surface area contributed by atoms with Crippen LogP contribution < -0.4 is 0 Å². The molecule has 0 saturated carbocycles. The molecule has 0 rings (SSSR count). The van der Waals surface area contributed by atoms with Gasteiger partial charge in [0.05, 0.1) is 19.7 Å². The molecule has 4 nitrogen and oxygen atoms in total. The molecule has 0 aromatic rings. The summed E-state index contributed by atoms with van der Waals surface area (Å²) in [5, 5.41) is 0. The Labute approximate surface area is 134 Å². The summed E-state index contributed by atoms with van der Waals surface area (Å²) in [6.07, 6.45) is 9.85. The molecule has 0 N–H and O–H groups in total. The molecule has 0 aliphatic rings. The number of nitrogens with zero attached hydrogens (tertiary/aromatic N) is 1. The average Bonchev–Trinajstić information content (AvgIpc) is 2.51. The van der Waals surface area contributed by atoms with Crippen LogP contribution in [0, 0.1) is 0 Å². The van der Waals surface area contributed by atoms with E-state index in [0.717, 1.165) is 12.8 Å². The molecule has 0 aliphatic heterocycles. The predicted octanol–water partition coefficient (Wildman–Crippen LogP) is 3.29. The summed E-state index contributed by atoms with van der Waals surface area (Å²) in [5.41, 5.74) is 2.63. The fourth-order valence-electron chi connectivity index (χ4n) is 1.96. The molecule has 4 heteroatoms. The van der Waals surface area contributed by atoms with E-state index in [4.69, 9.17) is 4.74 Å². The van der Waals surface area contributed by atoms with Crippen LogP contribution in [0.4, 0.5) is 0 Å². The first-order chi connectivity index (χ1) is 10.6. The van der Waals surface area contributed by atoms with Gasteiger partial charge in [0.25, 0.3) is 0 Å². The van der Waals surface area contributed by atoms with Crippen LogP contribution >= 0.6 is 0 Å². The van der Waals surface area contributed by atoms with E-state index in [9.17, 15) is 9.59 Å². The van der Waals surface area contributed by atoms with Crippen molar-refractivity contribution in [2.75, 3.05) is 26.2 Å². The van der Waals surface area contributed by atoms with Gasteiger partial charge in [-0.2, -0.15) is 0 Å². The van der Waals surface area contributed by atoms with Gasteiger partial charge < -0.3 is 4.74 Å². The van der Waals surface area contributed by atoms with Crippen molar-refractivity contribution in [2.45, 2.75) is 45.4 Å². The lowest BCUT2D eigenvalue weighted by Crippen LogP contribution is -2.35. The third-order valence-corrected chi connectivity index (χ3v) is 3.21. The zero-order chi connectivity index (χ0) is 16.6. The number of carbonyl (C=O) groups is 2. The lowest BCUT2D eigenvalue weighted by Gasteiger charge is -2.17. The summed E-state index contributed by atoms with van der Waals surface area (Å²) in [5.74, 6) is -0.427. The Morgan fingerprint density at radius 2 is 1.82 bits per heavy atom. The zero-order valence-corrected chi connectivity index (χ0v) is 13.8. The summed E-state index contributed by atoms with van der Waals surface area (Å²) in [4.78, 5) is 24.8. The van der Waals surface area contributed by atoms with Gasteiger partial charge in [-0.25, -0.2) is 0 Å². The number of carbonyl (C=O) groups excluding carboxylic acids is 2. The standard InChI is InChI=1S/C18H29NO3/c1-4-7-9-10-11-12-14-22-18(21)16-19(13-8-5-2)15-17(20)6-3/h6,8H,2-4,7,9-16H2,1H3. The third kappa shape index (κ3) is 12.1. The van der Waals surface area contributed by atoms with Gasteiger partial charge in [0.15, 0.2) is 5.78 Å². The molecule has 0 heterocycles. The van der Waals surface area contributed by atoms with E-state index in [-0.39, 0.29) is 24.8 Å². The quantitative estimate of drug-likeness (QED) is 0.214. The number of hydrogen-bond donors (Lipinski definition) is 0. The minimum Gasteiger partial charge on any atom is -0.465 e. The first-order valence-electron chi connectivity index (χ1n) is 8.01. The molecule has 0 aliphatic carbocycles. The lowest BCUT2D eigenvalue weighted by molar-refractivity contribution is -0.145. The van der Waals surface area contributed by atoms with Crippen molar-refractivity contribution in [3.63, 3.8) is 0 Å². The molecule has 22 heavy (non-hydrogen) atoms. The highest BCUT2D eigenvalue weighted by atomic mass is 16.5. The van der Waals surface area contributed by atoms with E-state index >= 15 is 0 Å². The molecule has 0 atom stereocenters. The van der Waals surface area contributed by atoms with Gasteiger partial charge in [-0.05, 0) is 18.6 Å². The van der Waals surface area contributed by atoms with Crippen molar-refractivity contribution in [1.29, 1.82) is 0 Å². The summed E-state index contributed by atoms with van der Waals surface area (Å²) >= 11 is 0. The average molecular weight is 307 g/mol. The molecule has 0 amide bonds. The van der Waals surface area contributed by atoms with E-state index in [1.165, 1.54) is 31.8 Å². The Balaban J connectivity index is 3.93. The van der Waals surface area contributed by atoms with E-state index in [2.05, 4.69) is 25.8 Å². The van der Waals surface area contributed by atoms with E-state index < -0.39 is 0 Å². The number of ether oxygens (including phenoxy) is 1. The van der Waals surface area contributed by atoms with Gasteiger partial charge in [-0.1, -0.05) is 52.2 Å². The Morgan fingerprint density at radius 1 is 1.14 bits per heavy atom. The van der Waals surface area contributed by atoms with Gasteiger partial charge in [0, 0.05) is 6.54 Å². The van der Waals surface area contributed by atoms with Crippen LogP contribution in [-0.4, -0.2) is 42.9 Å². The Morgan fingerprint density at radius 3 is 2.45 bits per heavy atom. The van der Waals surface area contributed by atoms with Crippen molar-refractivity contribution < 1.29 is 14.3 Å². The summed E-state index contributed by atoms with van der Waals surface area (Å²) in [6.45, 7) is 10.2. The van der Waals surface area contributed by atoms with Crippen molar-refractivity contribution in [2.24, 2.45) is 0 Å². The van der Waals surface area contributed by atoms with Crippen LogP contribution in [0.15, 0.2) is 31.0 Å². The van der Waals surface area contributed by atoms with Crippen molar-refractivity contribution in [3.05, 3.63) is 31.0 Å². The van der Waals surface area contributed by atoms with Crippen molar-refractivity contribution in [1.82, 2.24) is 4.90 Å². The van der Waals surface area contributed by atoms with Gasteiger partial charge >= 0.3 is 5.97 Å². The minimum atomic E-state index is -0.303. The molecule has 0 aromatic carbocycles. The maximum Gasteiger partial charge on any atom is 0.320 e. The van der Waals surface area contributed by atoms with Crippen LogP contribution in [-0.2, 0) is 14.3 Å². The molecule has 0 unspecified atom stereocenters. The Bertz CT molecular complexity index is 384. The summed E-state index contributed by atoms with van der Waals surface area (Å²) in [7, 11) is 0. The van der Waals surface area contributed by atoms with Crippen LogP contribution in [0.2, 0.25) is 0 Å². The SMILES string of the molecule is C=C=CCN(CC(=O)C=C)CC(=O)OCCCCCCCC. The minimum absolute atomic E-state index is 0.0909. The fraction of sp³-hybridized carbons (Fsp3) is 0.611. The third-order valence-electron chi connectivity index (χ3n) is 3.21. The molecule has 0 fully saturated rings. The monoisotopic (exact) mass is 307 g/mol. The topological polar surface area (TPSA) is 46.6 Å². The Hall–Kier alpha value is -1.64. The van der Waals surface area contributed by atoms with Gasteiger partial charge in [0.1, 0.15) is 0 Å². The van der Waals surface area contributed by atoms with E-state index in [0.29, 0.717) is 13.2 Å². The molecule has 0 aromatic heterocycles. The lowest BCUT2D eigenvalue weighted by atomic mass is 10.1. The second-order valence-electron chi connectivity index (χ2n) is 5.24. The summed E-state index contributed by atoms with van der Waals surface area (Å²) < 4.78 is 5.21. The fourth-order valence-corrected chi connectivity index (χ4v) is 1.96. The molecule has 0 radical (unpaired) electrons. The highest BCUT2D eigenvalue weighted by Gasteiger charge is 2.13. The maximum atomic E-state index is 11.8. The van der Waals surface area contributed by atoms with Gasteiger partial charge in [-0.3, -0.25) is 14.5 Å². The number of hydrogen-bond acceptors (Lipinski definition) is 4. The van der Waals surface area contributed by atoms with Crippen molar-refractivity contribution in [3.8, 4) is 0 Å². The first-order valence-corrected chi connectivity index (χ1v) is 8.01. The van der Waals surface area contributed by atoms with Crippen LogP contribution in [0.3, 0.4) is 0 Å². The largest absolute Gasteiger partial charge is 0.465 e. The van der Waals surface area contributed by atoms with Crippen LogP contribution in [0.1, 0.15) is 45.4 Å². The first kappa shape index (κ1) is 20.4. The molecule has 0 spiro atoms. The van der Waals surface area contributed by atoms with Crippen molar-refractivity contribution >= 4 is 11.8 Å². The smallest absolute Gasteiger partial charge is 0.320 e. The van der Waals surface area contributed by atoms with E-state index in [1.807, 2.05) is 0 Å².